The number of ether oxygens (including phenoxy) is 2. The van der Waals surface area contributed by atoms with E-state index in [4.69, 9.17) is 14.5 Å². The summed E-state index contributed by atoms with van der Waals surface area (Å²) in [5.41, 5.74) is 2.53. The molecule has 0 atom stereocenters. The van der Waals surface area contributed by atoms with E-state index in [0.29, 0.717) is 58.1 Å². The summed E-state index contributed by atoms with van der Waals surface area (Å²) in [7, 11) is 3.29. The van der Waals surface area contributed by atoms with E-state index in [2.05, 4.69) is 25.2 Å². The Morgan fingerprint density at radius 1 is 1.26 bits per heavy atom. The van der Waals surface area contributed by atoms with Crippen LogP contribution in [0, 0.1) is 0 Å². The van der Waals surface area contributed by atoms with E-state index >= 15 is 8.78 Å². The molecule has 0 aliphatic heterocycles. The van der Waals surface area contributed by atoms with Crippen LogP contribution in [0.2, 0.25) is 0 Å². The Balaban J connectivity index is 2.22. The molecule has 0 fully saturated rings. The summed E-state index contributed by atoms with van der Waals surface area (Å²) in [4.78, 5) is 21.5. The maximum Gasteiger partial charge on any atom is 0.338 e. The number of aliphatic imine (C=N–C) groups is 1. The molecule has 0 aliphatic rings. The number of unbranched alkanes of at least 4 members (excludes halogenated alkanes) is 2. The van der Waals surface area contributed by atoms with Crippen molar-refractivity contribution >= 4 is 35.6 Å². The first-order valence-electron chi connectivity index (χ1n) is 13.2. The van der Waals surface area contributed by atoms with E-state index in [1.165, 1.54) is 11.7 Å². The molecule has 7 nitrogen and oxygen atoms in total. The number of allylic oxidation sites excluding steroid dienone is 2. The number of esters is 1. The van der Waals surface area contributed by atoms with Gasteiger partial charge in [-0.2, -0.15) is 0 Å². The molecular formula is C30H38F2N4O3. The Labute approximate surface area is 228 Å². The lowest BCUT2D eigenvalue weighted by Crippen LogP contribution is -2.24. The molecule has 2 heterocycles. The number of methoxy groups -OCH3 is 1. The Kier molecular flexibility index (Phi) is 9.83. The second kappa shape index (κ2) is 12.9. The molecule has 9 heteroatoms. The number of carbonyl (C=O) groups is 1. The highest BCUT2D eigenvalue weighted by molar-refractivity contribution is 5.97. The summed E-state index contributed by atoms with van der Waals surface area (Å²) in [5.74, 6) is -2.29. The van der Waals surface area contributed by atoms with Crippen molar-refractivity contribution in [1.29, 1.82) is 0 Å². The van der Waals surface area contributed by atoms with Gasteiger partial charge >= 0.3 is 5.97 Å². The van der Waals surface area contributed by atoms with E-state index < -0.39 is 18.4 Å². The number of halogens is 2. The lowest BCUT2D eigenvalue weighted by molar-refractivity contribution is -0.0251. The van der Waals surface area contributed by atoms with Crippen LogP contribution in [-0.4, -0.2) is 45.9 Å². The van der Waals surface area contributed by atoms with Crippen molar-refractivity contribution in [3.05, 3.63) is 48.1 Å². The van der Waals surface area contributed by atoms with Crippen LogP contribution in [0.1, 0.15) is 68.8 Å². The number of carbonyl (C=O) groups excluding carboxylic acids is 1. The van der Waals surface area contributed by atoms with Crippen LogP contribution in [0.5, 0.6) is 5.75 Å². The van der Waals surface area contributed by atoms with Crippen molar-refractivity contribution in [1.82, 2.24) is 14.1 Å². The van der Waals surface area contributed by atoms with Gasteiger partial charge < -0.3 is 18.6 Å². The second-order valence-corrected chi connectivity index (χ2v) is 9.78. The number of aryl methyl sites for hydroxylation is 1. The van der Waals surface area contributed by atoms with Crippen molar-refractivity contribution in [2.24, 2.45) is 12.0 Å². The number of aromatic nitrogens is 3. The molecule has 0 radical (unpaired) electrons. The molecule has 0 amide bonds. The number of fused-ring (bicyclic) bond motifs is 1. The Bertz CT molecular complexity index is 1370. The predicted octanol–water partition coefficient (Wildman–Crippen LogP) is 7.75. The fraction of sp³-hybridized carbons (Fsp3) is 0.433. The first-order chi connectivity index (χ1) is 18.6. The molecule has 2 aromatic heterocycles. The zero-order valence-corrected chi connectivity index (χ0v) is 23.5. The normalized spacial score (nSPS) is 12.0. The van der Waals surface area contributed by atoms with Gasteiger partial charge in [0.25, 0.3) is 5.92 Å². The van der Waals surface area contributed by atoms with Crippen LogP contribution in [0.25, 0.3) is 28.6 Å². The number of hydrogen-bond acceptors (Lipinski definition) is 5. The average Bonchev–Trinajstić information content (AvgIpc) is 3.39. The van der Waals surface area contributed by atoms with E-state index in [0.717, 1.165) is 12.8 Å². The molecular weight excluding hydrogens is 502 g/mol. The second-order valence-electron chi connectivity index (χ2n) is 9.78. The van der Waals surface area contributed by atoms with E-state index in [1.54, 1.807) is 49.7 Å². The van der Waals surface area contributed by atoms with Crippen LogP contribution in [0.15, 0.2) is 41.9 Å². The third-order valence-electron chi connectivity index (χ3n) is 6.30. The lowest BCUT2D eigenvalue weighted by atomic mass is 10.1. The molecule has 0 aliphatic carbocycles. The number of benzene rings is 1. The highest BCUT2D eigenvalue weighted by Crippen LogP contribution is 2.38. The van der Waals surface area contributed by atoms with E-state index in [-0.39, 0.29) is 12.5 Å². The van der Waals surface area contributed by atoms with Crippen LogP contribution >= 0.6 is 0 Å². The molecule has 3 rings (SSSR count). The van der Waals surface area contributed by atoms with Gasteiger partial charge in [0.1, 0.15) is 17.1 Å². The summed E-state index contributed by atoms with van der Waals surface area (Å²) in [6, 6.07) is 5.02. The van der Waals surface area contributed by atoms with Crippen molar-refractivity contribution in [2.75, 3.05) is 7.11 Å². The quantitative estimate of drug-likeness (QED) is 0.0907. The van der Waals surface area contributed by atoms with Gasteiger partial charge in [-0.3, -0.25) is 0 Å². The third kappa shape index (κ3) is 6.82. The number of alkyl halides is 2. The van der Waals surface area contributed by atoms with Gasteiger partial charge in [0.05, 0.1) is 36.5 Å². The average molecular weight is 541 g/mol. The van der Waals surface area contributed by atoms with Gasteiger partial charge in [0.2, 0.25) is 0 Å². The smallest absolute Gasteiger partial charge is 0.338 e. The summed E-state index contributed by atoms with van der Waals surface area (Å²) in [5, 5.41) is 0. The van der Waals surface area contributed by atoms with Gasteiger partial charge in [0.15, 0.2) is 5.82 Å². The SMILES string of the molecule is C=CCCCC(F)(F)Cn1c(-c2nc3cc(C(=O)OC(C)C)cc(OC)c3n2C)cc(/C=C\CCC)c1N=C. The van der Waals surface area contributed by atoms with Gasteiger partial charge in [-0.05, 0) is 58.0 Å². The number of hydrogen-bond donors (Lipinski definition) is 0. The maximum absolute atomic E-state index is 15.2. The molecule has 0 spiro atoms. The minimum Gasteiger partial charge on any atom is -0.494 e. The largest absolute Gasteiger partial charge is 0.494 e. The zero-order chi connectivity index (χ0) is 28.7. The minimum absolute atomic E-state index is 0.286. The topological polar surface area (TPSA) is 70.6 Å². The Morgan fingerprint density at radius 2 is 2.00 bits per heavy atom. The molecule has 3 aromatic rings. The molecule has 0 N–H and O–H groups in total. The third-order valence-corrected chi connectivity index (χ3v) is 6.30. The van der Waals surface area contributed by atoms with Crippen LogP contribution in [0.4, 0.5) is 14.6 Å². The monoisotopic (exact) mass is 540 g/mol. The molecule has 210 valence electrons. The number of imidazole rings is 1. The highest BCUT2D eigenvalue weighted by Gasteiger charge is 2.32. The molecule has 0 saturated carbocycles. The Morgan fingerprint density at radius 3 is 2.62 bits per heavy atom. The van der Waals surface area contributed by atoms with Crippen LogP contribution in [0.3, 0.4) is 0 Å². The zero-order valence-electron chi connectivity index (χ0n) is 23.5. The van der Waals surface area contributed by atoms with Gasteiger partial charge in [-0.25, -0.2) is 23.6 Å². The Hall–Kier alpha value is -3.75. The molecule has 0 unspecified atom stereocenters. The highest BCUT2D eigenvalue weighted by atomic mass is 19.3. The van der Waals surface area contributed by atoms with E-state index in [9.17, 15) is 4.79 Å². The van der Waals surface area contributed by atoms with Gasteiger partial charge in [-0.1, -0.05) is 31.6 Å². The standard InChI is InChI=1S/C30H38F2N4O3/c1-8-10-12-14-21-17-24(36(27(21)33-5)19-30(31,32)15-13-11-9-2)28-34-23-16-22(29(37)39-20(3)4)18-25(38-7)26(23)35(28)6/h9,12,14,16-18,20H,2,5,8,10-11,13,15,19H2,1,3-4,6-7H3/b14-12-. The van der Waals surface area contributed by atoms with Crippen molar-refractivity contribution in [3.8, 4) is 17.3 Å². The fourth-order valence-corrected chi connectivity index (χ4v) is 4.49. The first-order valence-corrected chi connectivity index (χ1v) is 13.2. The lowest BCUT2D eigenvalue weighted by Gasteiger charge is -2.20. The molecule has 1 aromatic carbocycles. The molecule has 0 saturated heterocycles. The minimum atomic E-state index is -2.99. The summed E-state index contributed by atoms with van der Waals surface area (Å²) in [6.07, 6.45) is 7.57. The van der Waals surface area contributed by atoms with Crippen LogP contribution in [-0.2, 0) is 18.3 Å². The van der Waals surface area contributed by atoms with Crippen LogP contribution < -0.4 is 4.74 Å². The van der Waals surface area contributed by atoms with Crippen molar-refractivity contribution < 1.29 is 23.0 Å². The van der Waals surface area contributed by atoms with E-state index in [1.807, 2.05) is 12.2 Å². The number of rotatable bonds is 14. The molecule has 0 bridgehead atoms. The van der Waals surface area contributed by atoms with Gasteiger partial charge in [-0.15, -0.1) is 6.58 Å². The first kappa shape index (κ1) is 29.8. The number of nitrogens with zero attached hydrogens (tertiary/aromatic N) is 4. The maximum atomic E-state index is 15.2. The predicted molar refractivity (Wildman–Crippen MR) is 153 cm³/mol. The molecule has 39 heavy (non-hydrogen) atoms. The summed E-state index contributed by atoms with van der Waals surface area (Å²) < 4.78 is 44.6. The van der Waals surface area contributed by atoms with Crippen molar-refractivity contribution in [3.63, 3.8) is 0 Å². The summed E-state index contributed by atoms with van der Waals surface area (Å²) in [6.45, 7) is 12.3. The van der Waals surface area contributed by atoms with Crippen molar-refractivity contribution in [2.45, 2.75) is 71.4 Å². The van der Waals surface area contributed by atoms with Gasteiger partial charge in [0, 0.05) is 19.0 Å². The fourth-order valence-electron chi connectivity index (χ4n) is 4.49. The summed E-state index contributed by atoms with van der Waals surface area (Å²) >= 11 is 0.